The molecule has 0 saturated heterocycles. The fourth-order valence-corrected chi connectivity index (χ4v) is 8.93. The Balaban J connectivity index is 1.19. The summed E-state index contributed by atoms with van der Waals surface area (Å²) in [4.78, 5) is 15.2. The molecule has 0 bridgehead atoms. The summed E-state index contributed by atoms with van der Waals surface area (Å²) in [6, 6.07) is 57.6. The molecule has 6 nitrogen and oxygen atoms in total. The molecule has 0 N–H and O–H groups in total. The number of nitrogens with zero attached hydrogens (tertiary/aromatic N) is 5. The van der Waals surface area contributed by atoms with Crippen LogP contribution in [0, 0.1) is 0 Å². The maximum absolute atomic E-state index is 14.7. The van der Waals surface area contributed by atoms with E-state index in [1.54, 1.807) is 6.07 Å². The van der Waals surface area contributed by atoms with Crippen molar-refractivity contribution in [2.45, 2.75) is 6.18 Å². The van der Waals surface area contributed by atoms with Crippen molar-refractivity contribution in [3.8, 4) is 45.5 Å². The first-order valence-electron chi connectivity index (χ1n) is 19.8. The average Bonchev–Trinajstić information content (AvgIpc) is 3.95. The molecule has 0 atom stereocenters. The van der Waals surface area contributed by atoms with Crippen molar-refractivity contribution in [1.82, 2.24) is 24.1 Å². The van der Waals surface area contributed by atoms with Gasteiger partial charge in [0, 0.05) is 54.7 Å². The van der Waals surface area contributed by atoms with Crippen LogP contribution in [0.3, 0.4) is 0 Å². The Morgan fingerprint density at radius 3 is 1.61 bits per heavy atom. The third-order valence-corrected chi connectivity index (χ3v) is 11.6. The van der Waals surface area contributed by atoms with E-state index >= 15 is 0 Å². The Morgan fingerprint density at radius 2 is 0.951 bits per heavy atom. The first kappa shape index (κ1) is 35.0. The van der Waals surface area contributed by atoms with Crippen LogP contribution < -0.4 is 0 Å². The molecule has 4 aromatic heterocycles. The van der Waals surface area contributed by atoms with Crippen LogP contribution in [0.4, 0.5) is 13.2 Å². The highest BCUT2D eigenvalue weighted by atomic mass is 19.4. The van der Waals surface area contributed by atoms with Crippen molar-refractivity contribution >= 4 is 65.6 Å². The maximum atomic E-state index is 14.7. The minimum atomic E-state index is -4.59. The van der Waals surface area contributed by atoms with E-state index in [1.165, 1.54) is 12.1 Å². The van der Waals surface area contributed by atoms with Gasteiger partial charge in [-0.25, -0.2) is 4.98 Å². The smallest absolute Gasteiger partial charge is 0.417 e. The largest absolute Gasteiger partial charge is 0.455 e. The summed E-state index contributed by atoms with van der Waals surface area (Å²) in [5, 5.41) is 5.55. The molecule has 0 radical (unpaired) electrons. The summed E-state index contributed by atoms with van der Waals surface area (Å²) in [5.74, 6) is 1.54. The molecular weight excluding hydrogens is 768 g/mol. The van der Waals surface area contributed by atoms with Gasteiger partial charge in [0.15, 0.2) is 11.6 Å². The first-order chi connectivity index (χ1) is 29.9. The predicted octanol–water partition coefficient (Wildman–Crippen LogP) is 14.0. The Labute approximate surface area is 345 Å². The van der Waals surface area contributed by atoms with Crippen LogP contribution in [0.5, 0.6) is 0 Å². The van der Waals surface area contributed by atoms with E-state index in [9.17, 15) is 13.2 Å². The van der Waals surface area contributed by atoms with Crippen molar-refractivity contribution in [1.29, 1.82) is 0 Å². The van der Waals surface area contributed by atoms with E-state index in [0.29, 0.717) is 45.4 Å². The van der Waals surface area contributed by atoms with Crippen LogP contribution in [0.2, 0.25) is 0 Å². The SMILES string of the molecule is FC(F)(F)c1ccccc1-c1cc(-n2c3ccccc3c3cc4c5ccccc5n(-c5nc(-c6ccccc6)nc(-c6ccccc6)n5)c4cc32)cc2c1oc1ccccc12. The van der Waals surface area contributed by atoms with Crippen LogP contribution in [0.15, 0.2) is 186 Å². The molecule has 12 aromatic rings. The van der Waals surface area contributed by atoms with Gasteiger partial charge in [-0.2, -0.15) is 23.1 Å². The van der Waals surface area contributed by atoms with Crippen molar-refractivity contribution in [2.24, 2.45) is 0 Å². The van der Waals surface area contributed by atoms with Gasteiger partial charge in [0.2, 0.25) is 5.95 Å². The number of alkyl halides is 3. The van der Waals surface area contributed by atoms with Crippen LogP contribution in [-0.4, -0.2) is 24.1 Å². The van der Waals surface area contributed by atoms with Gasteiger partial charge in [-0.05, 0) is 54.1 Å². The molecule has 0 saturated carbocycles. The first-order valence-corrected chi connectivity index (χ1v) is 19.8. The average molecular weight is 798 g/mol. The van der Waals surface area contributed by atoms with E-state index in [4.69, 9.17) is 19.4 Å². The quantitative estimate of drug-likeness (QED) is 0.174. The monoisotopic (exact) mass is 797 g/mol. The van der Waals surface area contributed by atoms with Crippen molar-refractivity contribution < 1.29 is 17.6 Å². The number of halogens is 3. The lowest BCUT2D eigenvalue weighted by atomic mass is 9.96. The molecule has 0 aliphatic heterocycles. The second-order valence-electron chi connectivity index (χ2n) is 15.1. The highest BCUT2D eigenvalue weighted by Gasteiger charge is 2.34. The van der Waals surface area contributed by atoms with Gasteiger partial charge in [0.25, 0.3) is 0 Å². The lowest BCUT2D eigenvalue weighted by molar-refractivity contribution is -0.137. The zero-order valence-electron chi connectivity index (χ0n) is 32.1. The van der Waals surface area contributed by atoms with Gasteiger partial charge in [0.1, 0.15) is 11.2 Å². The molecule has 0 fully saturated rings. The number of hydrogen-bond acceptors (Lipinski definition) is 4. The van der Waals surface area contributed by atoms with E-state index in [0.717, 1.165) is 66.2 Å². The maximum Gasteiger partial charge on any atom is 0.417 e. The van der Waals surface area contributed by atoms with Gasteiger partial charge in [-0.15, -0.1) is 0 Å². The molecular formula is C52H30F3N5O. The van der Waals surface area contributed by atoms with Gasteiger partial charge in [-0.1, -0.05) is 133 Å². The zero-order valence-corrected chi connectivity index (χ0v) is 32.1. The molecule has 9 heteroatoms. The summed E-state index contributed by atoms with van der Waals surface area (Å²) < 4.78 is 54.8. The van der Waals surface area contributed by atoms with Crippen molar-refractivity contribution in [3.05, 3.63) is 188 Å². The number of fused-ring (bicyclic) bond motifs is 9. The molecule has 290 valence electrons. The molecule has 0 unspecified atom stereocenters. The summed E-state index contributed by atoms with van der Waals surface area (Å²) in [6.45, 7) is 0. The molecule has 4 heterocycles. The normalized spacial score (nSPS) is 12.2. The summed E-state index contributed by atoms with van der Waals surface area (Å²) in [6.07, 6.45) is -4.59. The number of aromatic nitrogens is 5. The summed E-state index contributed by atoms with van der Waals surface area (Å²) in [7, 11) is 0. The van der Waals surface area contributed by atoms with Crippen LogP contribution in [-0.2, 0) is 6.18 Å². The van der Waals surface area contributed by atoms with Crippen LogP contribution >= 0.6 is 0 Å². The standard InChI is InChI=1S/C52H30F3N5O/c53-52(54,55)42-23-11-7-19-34(42)40-27-33(28-41-37-22-10-14-26-47(37)61-48(40)41)59-43-24-12-8-20-35(43)38-29-39-36-21-9-13-25-44(36)60(46(39)30-45(38)59)51-57-49(31-15-3-1-4-16-31)56-50(58-51)32-17-5-2-6-18-32/h1-30H. The molecule has 0 spiro atoms. The second-order valence-corrected chi connectivity index (χ2v) is 15.1. The molecule has 12 rings (SSSR count). The number of benzene rings is 8. The molecule has 0 aliphatic carbocycles. The second kappa shape index (κ2) is 13.2. The van der Waals surface area contributed by atoms with E-state index in [2.05, 4.69) is 45.5 Å². The lowest BCUT2D eigenvalue weighted by Gasteiger charge is -2.16. The van der Waals surface area contributed by atoms with Gasteiger partial charge < -0.3 is 8.98 Å². The number of furan rings is 1. The number of para-hydroxylation sites is 3. The lowest BCUT2D eigenvalue weighted by Crippen LogP contribution is -2.07. The molecule has 8 aromatic carbocycles. The number of hydrogen-bond donors (Lipinski definition) is 0. The minimum absolute atomic E-state index is 0.0440. The topological polar surface area (TPSA) is 61.7 Å². The third-order valence-electron chi connectivity index (χ3n) is 11.6. The van der Waals surface area contributed by atoms with Crippen molar-refractivity contribution in [2.75, 3.05) is 0 Å². The van der Waals surface area contributed by atoms with Gasteiger partial charge in [-0.3, -0.25) is 4.57 Å². The van der Waals surface area contributed by atoms with E-state index in [-0.39, 0.29) is 5.56 Å². The molecule has 61 heavy (non-hydrogen) atoms. The van der Waals surface area contributed by atoms with Gasteiger partial charge >= 0.3 is 6.18 Å². The van der Waals surface area contributed by atoms with E-state index < -0.39 is 11.7 Å². The highest BCUT2D eigenvalue weighted by molar-refractivity contribution is 6.19. The molecule has 0 amide bonds. The van der Waals surface area contributed by atoms with Crippen LogP contribution in [0.25, 0.3) is 111 Å². The van der Waals surface area contributed by atoms with Crippen molar-refractivity contribution in [3.63, 3.8) is 0 Å². The fourth-order valence-electron chi connectivity index (χ4n) is 8.93. The summed E-state index contributed by atoms with van der Waals surface area (Å²) >= 11 is 0. The zero-order chi connectivity index (χ0) is 40.8. The Bertz CT molecular complexity index is 3640. The summed E-state index contributed by atoms with van der Waals surface area (Å²) in [5.41, 5.74) is 6.60. The predicted molar refractivity (Wildman–Crippen MR) is 237 cm³/mol. The third kappa shape index (κ3) is 5.47. The Kier molecular flexibility index (Phi) is 7.59. The van der Waals surface area contributed by atoms with Gasteiger partial charge in [0.05, 0.1) is 27.6 Å². The fraction of sp³-hybridized carbons (Fsp3) is 0.0192. The molecule has 0 aliphatic rings. The Hall–Kier alpha value is -8.04. The Morgan fingerprint density at radius 1 is 0.410 bits per heavy atom. The van der Waals surface area contributed by atoms with E-state index in [1.807, 2.05) is 121 Å². The number of rotatable bonds is 5. The highest BCUT2D eigenvalue weighted by Crippen LogP contribution is 2.45. The minimum Gasteiger partial charge on any atom is -0.455 e. The van der Waals surface area contributed by atoms with Crippen LogP contribution in [0.1, 0.15) is 5.56 Å².